The number of rotatable bonds is 3. The van der Waals surface area contributed by atoms with Gasteiger partial charge in [-0.05, 0) is 30.2 Å². The lowest BCUT2D eigenvalue weighted by molar-refractivity contribution is 0.209. The molecule has 0 amide bonds. The van der Waals surface area contributed by atoms with E-state index < -0.39 is 0 Å². The van der Waals surface area contributed by atoms with Gasteiger partial charge >= 0.3 is 0 Å². The van der Waals surface area contributed by atoms with Gasteiger partial charge in [0.25, 0.3) is 0 Å². The van der Waals surface area contributed by atoms with Crippen LogP contribution in [0.15, 0.2) is 36.5 Å². The summed E-state index contributed by atoms with van der Waals surface area (Å²) in [5.74, 6) is 1.78. The van der Waals surface area contributed by atoms with Crippen molar-refractivity contribution in [2.24, 2.45) is 0 Å². The number of aromatic nitrogens is 4. The van der Waals surface area contributed by atoms with Crippen LogP contribution in [0, 0.1) is 6.92 Å². The molecule has 1 aliphatic heterocycles. The Morgan fingerprint density at radius 3 is 2.76 bits per heavy atom. The minimum Gasteiger partial charge on any atom is -0.307 e. The molecule has 0 aliphatic carbocycles. The van der Waals surface area contributed by atoms with Gasteiger partial charge in [0.05, 0.1) is 16.6 Å². The van der Waals surface area contributed by atoms with Gasteiger partial charge in [0.15, 0.2) is 5.82 Å². The molecule has 4 rings (SSSR count). The summed E-state index contributed by atoms with van der Waals surface area (Å²) in [5, 5.41) is 9.92. The molecule has 0 bridgehead atoms. The normalized spacial score (nSPS) is 14.5. The van der Waals surface area contributed by atoms with Crippen molar-refractivity contribution in [3.63, 3.8) is 0 Å². The summed E-state index contributed by atoms with van der Waals surface area (Å²) < 4.78 is 2.15. The Hall–Kier alpha value is -1.95. The predicted molar refractivity (Wildman–Crippen MR) is 98.6 cm³/mol. The zero-order valence-corrected chi connectivity index (χ0v) is 15.3. The Kier molecular flexibility index (Phi) is 4.46. The number of fused-ring (bicyclic) bond motifs is 1. The number of aryl methyl sites for hydroxylation is 1. The Morgan fingerprint density at radius 2 is 1.96 bits per heavy atom. The van der Waals surface area contributed by atoms with Gasteiger partial charge in [-0.15, -0.1) is 10.2 Å². The Balaban J connectivity index is 1.55. The van der Waals surface area contributed by atoms with Gasteiger partial charge in [-0.1, -0.05) is 41.4 Å². The summed E-state index contributed by atoms with van der Waals surface area (Å²) in [6, 6.07) is 9.78. The van der Waals surface area contributed by atoms with E-state index in [0.29, 0.717) is 10.0 Å². The van der Waals surface area contributed by atoms with Crippen molar-refractivity contribution in [2.75, 3.05) is 6.54 Å². The Morgan fingerprint density at radius 1 is 1.08 bits per heavy atom. The highest BCUT2D eigenvalue weighted by molar-refractivity contribution is 6.42. The fourth-order valence-electron chi connectivity index (χ4n) is 3.04. The molecule has 3 aromatic rings. The van der Waals surface area contributed by atoms with Crippen LogP contribution in [0.2, 0.25) is 10.0 Å². The largest absolute Gasteiger partial charge is 0.307 e. The van der Waals surface area contributed by atoms with Gasteiger partial charge in [0, 0.05) is 25.8 Å². The van der Waals surface area contributed by atoms with Crippen LogP contribution in [0.1, 0.15) is 17.0 Å². The number of nitrogens with zero attached hydrogens (tertiary/aromatic N) is 5. The van der Waals surface area contributed by atoms with E-state index in [2.05, 4.69) is 24.6 Å². The lowest BCUT2D eigenvalue weighted by Gasteiger charge is -2.28. The van der Waals surface area contributed by atoms with Crippen molar-refractivity contribution in [3.05, 3.63) is 63.5 Å². The first-order chi connectivity index (χ1) is 12.1. The van der Waals surface area contributed by atoms with Crippen molar-refractivity contribution < 1.29 is 0 Å². The maximum absolute atomic E-state index is 6.31. The molecule has 0 fully saturated rings. The van der Waals surface area contributed by atoms with Crippen LogP contribution in [-0.4, -0.2) is 31.2 Å². The SMILES string of the molecule is Cc1ccc(-c2nnc3n2CCN(Cc2cccc(Cl)c2Cl)C3)nc1. The molecule has 7 heteroatoms. The van der Waals surface area contributed by atoms with Gasteiger partial charge in [0.1, 0.15) is 11.5 Å². The number of halogens is 2. The maximum atomic E-state index is 6.31. The molecule has 25 heavy (non-hydrogen) atoms. The number of pyridine rings is 1. The molecule has 0 spiro atoms. The van der Waals surface area contributed by atoms with Gasteiger partial charge in [-0.3, -0.25) is 9.88 Å². The molecular formula is C18H17Cl2N5. The lowest BCUT2D eigenvalue weighted by atomic mass is 10.2. The third kappa shape index (κ3) is 3.27. The van der Waals surface area contributed by atoms with Crippen LogP contribution in [-0.2, 0) is 19.6 Å². The van der Waals surface area contributed by atoms with E-state index in [1.165, 1.54) is 0 Å². The molecule has 2 aromatic heterocycles. The Bertz CT molecular complexity index is 904. The summed E-state index contributed by atoms with van der Waals surface area (Å²) in [6.45, 7) is 5.21. The highest BCUT2D eigenvalue weighted by Crippen LogP contribution is 2.28. The van der Waals surface area contributed by atoms with Gasteiger partial charge < -0.3 is 4.57 Å². The first-order valence-corrected chi connectivity index (χ1v) is 8.88. The summed E-state index contributed by atoms with van der Waals surface area (Å²) >= 11 is 12.4. The standard InChI is InChI=1S/C18H17Cl2N5/c1-12-5-6-15(21-9-12)18-23-22-16-11-24(7-8-25(16)18)10-13-3-2-4-14(19)17(13)20/h2-6,9H,7-8,10-11H2,1H3. The van der Waals surface area contributed by atoms with E-state index in [4.69, 9.17) is 23.2 Å². The molecule has 3 heterocycles. The molecule has 0 unspecified atom stereocenters. The fraction of sp³-hybridized carbons (Fsp3) is 0.278. The van der Waals surface area contributed by atoms with Gasteiger partial charge in [-0.2, -0.15) is 0 Å². The van der Waals surface area contributed by atoms with Crippen LogP contribution in [0.4, 0.5) is 0 Å². The summed E-state index contributed by atoms with van der Waals surface area (Å²) in [5.41, 5.74) is 3.02. The quantitative estimate of drug-likeness (QED) is 0.696. The zero-order chi connectivity index (χ0) is 17.4. The highest BCUT2D eigenvalue weighted by atomic mass is 35.5. The number of benzene rings is 1. The topological polar surface area (TPSA) is 46.8 Å². The molecule has 1 aromatic carbocycles. The van der Waals surface area contributed by atoms with Crippen LogP contribution in [0.3, 0.4) is 0 Å². The molecule has 128 valence electrons. The predicted octanol–water partition coefficient (Wildman–Crippen LogP) is 3.97. The minimum absolute atomic E-state index is 0.590. The van der Waals surface area contributed by atoms with Crippen molar-refractivity contribution in [2.45, 2.75) is 26.6 Å². The third-order valence-electron chi connectivity index (χ3n) is 4.40. The number of hydrogen-bond donors (Lipinski definition) is 0. The van der Waals surface area contributed by atoms with E-state index in [1.54, 1.807) is 6.07 Å². The molecular weight excluding hydrogens is 357 g/mol. The molecule has 0 radical (unpaired) electrons. The molecule has 1 aliphatic rings. The zero-order valence-electron chi connectivity index (χ0n) is 13.8. The smallest absolute Gasteiger partial charge is 0.182 e. The van der Waals surface area contributed by atoms with E-state index in [9.17, 15) is 0 Å². The van der Waals surface area contributed by atoms with E-state index in [1.807, 2.05) is 37.4 Å². The summed E-state index contributed by atoms with van der Waals surface area (Å²) in [7, 11) is 0. The summed E-state index contributed by atoms with van der Waals surface area (Å²) in [6.07, 6.45) is 1.85. The van der Waals surface area contributed by atoms with E-state index >= 15 is 0 Å². The second-order valence-corrected chi connectivity index (χ2v) is 7.02. The van der Waals surface area contributed by atoms with Crippen molar-refractivity contribution in [3.8, 4) is 11.5 Å². The van der Waals surface area contributed by atoms with Crippen LogP contribution in [0.25, 0.3) is 11.5 Å². The number of hydrogen-bond acceptors (Lipinski definition) is 4. The van der Waals surface area contributed by atoms with Crippen LogP contribution >= 0.6 is 23.2 Å². The highest BCUT2D eigenvalue weighted by Gasteiger charge is 2.23. The lowest BCUT2D eigenvalue weighted by Crippen LogP contribution is -2.33. The molecule has 5 nitrogen and oxygen atoms in total. The van der Waals surface area contributed by atoms with Crippen LogP contribution in [0.5, 0.6) is 0 Å². The van der Waals surface area contributed by atoms with Gasteiger partial charge in [0.2, 0.25) is 0 Å². The van der Waals surface area contributed by atoms with Gasteiger partial charge in [-0.25, -0.2) is 0 Å². The monoisotopic (exact) mass is 373 g/mol. The fourth-order valence-corrected chi connectivity index (χ4v) is 3.42. The second-order valence-electron chi connectivity index (χ2n) is 6.24. The molecule has 0 saturated carbocycles. The first-order valence-electron chi connectivity index (χ1n) is 8.12. The van der Waals surface area contributed by atoms with Crippen molar-refractivity contribution in [1.29, 1.82) is 0 Å². The molecule has 0 N–H and O–H groups in total. The minimum atomic E-state index is 0.590. The second kappa shape index (κ2) is 6.75. The van der Waals surface area contributed by atoms with Crippen molar-refractivity contribution >= 4 is 23.2 Å². The first kappa shape index (κ1) is 16.5. The van der Waals surface area contributed by atoms with E-state index in [0.717, 1.165) is 54.6 Å². The third-order valence-corrected chi connectivity index (χ3v) is 5.26. The molecule has 0 saturated heterocycles. The average molecular weight is 374 g/mol. The van der Waals surface area contributed by atoms with Crippen LogP contribution < -0.4 is 0 Å². The Labute approximate surface area is 156 Å². The molecule has 0 atom stereocenters. The van der Waals surface area contributed by atoms with E-state index in [-0.39, 0.29) is 0 Å². The van der Waals surface area contributed by atoms with Crippen molar-refractivity contribution in [1.82, 2.24) is 24.6 Å². The average Bonchev–Trinajstić information content (AvgIpc) is 3.03. The maximum Gasteiger partial charge on any atom is 0.182 e. The summed E-state index contributed by atoms with van der Waals surface area (Å²) in [4.78, 5) is 6.77.